The molecule has 0 bridgehead atoms. The van der Waals surface area contributed by atoms with Crippen LogP contribution in [-0.4, -0.2) is 62.1 Å². The number of halogens is 1. The van der Waals surface area contributed by atoms with Crippen molar-refractivity contribution in [1.29, 1.82) is 0 Å². The number of carbonyl (C=O) groups is 1. The lowest BCUT2D eigenvalue weighted by molar-refractivity contribution is -0.127. The van der Waals surface area contributed by atoms with Crippen molar-refractivity contribution < 1.29 is 14.3 Å². The van der Waals surface area contributed by atoms with Gasteiger partial charge in [0.25, 0.3) is 0 Å². The molecule has 2 fully saturated rings. The fourth-order valence-electron chi connectivity index (χ4n) is 3.88. The molecule has 1 saturated carbocycles. The van der Waals surface area contributed by atoms with E-state index in [1.165, 1.54) is 25.7 Å². The normalized spacial score (nSPS) is 19.3. The van der Waals surface area contributed by atoms with Gasteiger partial charge in [-0.1, -0.05) is 24.4 Å². The summed E-state index contributed by atoms with van der Waals surface area (Å²) in [6, 6.07) is 4.34. The Morgan fingerprint density at radius 3 is 2.42 bits per heavy atom. The molecular formula is C20H27ClN2O3. The largest absolute Gasteiger partial charge is 0.493 e. The van der Waals surface area contributed by atoms with Gasteiger partial charge in [-0.15, -0.1) is 0 Å². The Bertz CT molecular complexity index is 663. The van der Waals surface area contributed by atoms with E-state index in [1.807, 2.05) is 11.0 Å². The van der Waals surface area contributed by atoms with Crippen LogP contribution in [0.25, 0.3) is 6.08 Å². The second kappa shape index (κ2) is 8.78. The van der Waals surface area contributed by atoms with Crippen LogP contribution in [0, 0.1) is 0 Å². The number of ether oxygens (including phenoxy) is 2. The van der Waals surface area contributed by atoms with Gasteiger partial charge in [-0.3, -0.25) is 9.69 Å². The van der Waals surface area contributed by atoms with E-state index in [1.54, 1.807) is 32.4 Å². The molecule has 0 atom stereocenters. The van der Waals surface area contributed by atoms with Gasteiger partial charge in [-0.2, -0.15) is 0 Å². The van der Waals surface area contributed by atoms with Crippen molar-refractivity contribution in [3.05, 3.63) is 28.8 Å². The predicted molar refractivity (Wildman–Crippen MR) is 104 cm³/mol. The number of carbonyl (C=O) groups excluding carboxylic acids is 1. The van der Waals surface area contributed by atoms with Gasteiger partial charge in [-0.05, 0) is 36.6 Å². The zero-order valence-corrected chi connectivity index (χ0v) is 16.3. The highest BCUT2D eigenvalue weighted by molar-refractivity contribution is 6.33. The third-order valence-corrected chi connectivity index (χ3v) is 5.78. The summed E-state index contributed by atoms with van der Waals surface area (Å²) in [6.45, 7) is 3.53. The molecule has 3 rings (SSSR count). The Labute approximate surface area is 160 Å². The number of benzene rings is 1. The number of hydrogen-bond acceptors (Lipinski definition) is 4. The number of piperazine rings is 1. The minimum Gasteiger partial charge on any atom is -0.493 e. The molecule has 142 valence electrons. The number of rotatable bonds is 5. The average molecular weight is 379 g/mol. The molecule has 1 heterocycles. The molecule has 1 aliphatic carbocycles. The number of hydrogen-bond donors (Lipinski definition) is 0. The van der Waals surface area contributed by atoms with E-state index < -0.39 is 0 Å². The molecule has 1 aromatic rings. The topological polar surface area (TPSA) is 42.0 Å². The molecule has 0 N–H and O–H groups in total. The van der Waals surface area contributed by atoms with Crippen LogP contribution in [0.1, 0.15) is 31.2 Å². The summed E-state index contributed by atoms with van der Waals surface area (Å²) in [7, 11) is 3.12. The first-order valence-corrected chi connectivity index (χ1v) is 9.63. The molecule has 0 spiro atoms. The van der Waals surface area contributed by atoms with Crippen molar-refractivity contribution in [2.75, 3.05) is 40.4 Å². The van der Waals surface area contributed by atoms with Crippen molar-refractivity contribution >= 4 is 23.6 Å². The summed E-state index contributed by atoms with van der Waals surface area (Å²) in [4.78, 5) is 17.0. The Morgan fingerprint density at radius 2 is 1.81 bits per heavy atom. The molecule has 26 heavy (non-hydrogen) atoms. The third-order valence-electron chi connectivity index (χ3n) is 5.39. The summed E-state index contributed by atoms with van der Waals surface area (Å²) in [6.07, 6.45) is 8.66. The minimum atomic E-state index is 0.0296. The first-order chi connectivity index (χ1) is 12.6. The molecule has 0 unspecified atom stereocenters. The standard InChI is InChI=1S/C20H27ClN2O3/c1-25-17-9-7-15(19(21)20(17)26-2)8-10-18(24)23-13-11-22(12-14-23)16-5-3-4-6-16/h7-10,16H,3-6,11-14H2,1-2H3. The summed E-state index contributed by atoms with van der Waals surface area (Å²) >= 11 is 6.37. The quantitative estimate of drug-likeness (QED) is 0.736. The zero-order valence-electron chi connectivity index (χ0n) is 15.5. The van der Waals surface area contributed by atoms with Gasteiger partial charge in [0.05, 0.1) is 19.2 Å². The van der Waals surface area contributed by atoms with Crippen LogP contribution < -0.4 is 9.47 Å². The highest BCUT2D eigenvalue weighted by atomic mass is 35.5. The molecule has 1 aliphatic heterocycles. The molecule has 1 aromatic carbocycles. The van der Waals surface area contributed by atoms with E-state index in [0.29, 0.717) is 16.5 Å². The molecule has 1 saturated heterocycles. The summed E-state index contributed by atoms with van der Waals surface area (Å²) in [5, 5.41) is 0.446. The summed E-state index contributed by atoms with van der Waals surface area (Å²) in [5.74, 6) is 1.08. The first kappa shape index (κ1) is 19.1. The number of amides is 1. The van der Waals surface area contributed by atoms with Gasteiger partial charge in [0.15, 0.2) is 11.5 Å². The van der Waals surface area contributed by atoms with Crippen LogP contribution in [0.5, 0.6) is 11.5 Å². The fraction of sp³-hybridized carbons (Fsp3) is 0.550. The predicted octanol–water partition coefficient (Wildman–Crippen LogP) is 3.46. The zero-order chi connectivity index (χ0) is 18.5. The molecule has 2 aliphatic rings. The lowest BCUT2D eigenvalue weighted by Gasteiger charge is -2.37. The fourth-order valence-corrected chi connectivity index (χ4v) is 4.17. The van der Waals surface area contributed by atoms with Crippen LogP contribution in [0.2, 0.25) is 5.02 Å². The van der Waals surface area contributed by atoms with Crippen molar-refractivity contribution in [3.63, 3.8) is 0 Å². The average Bonchev–Trinajstić information content (AvgIpc) is 3.21. The van der Waals surface area contributed by atoms with E-state index in [0.717, 1.165) is 37.8 Å². The molecule has 1 amide bonds. The van der Waals surface area contributed by atoms with Crippen LogP contribution in [0.15, 0.2) is 18.2 Å². The van der Waals surface area contributed by atoms with Gasteiger partial charge in [0, 0.05) is 38.3 Å². The van der Waals surface area contributed by atoms with Crippen molar-refractivity contribution in [2.24, 2.45) is 0 Å². The highest BCUT2D eigenvalue weighted by Crippen LogP contribution is 2.37. The first-order valence-electron chi connectivity index (χ1n) is 9.25. The Kier molecular flexibility index (Phi) is 6.43. The Hall–Kier alpha value is -1.72. The van der Waals surface area contributed by atoms with Crippen molar-refractivity contribution in [3.8, 4) is 11.5 Å². The van der Waals surface area contributed by atoms with Crippen molar-refractivity contribution in [2.45, 2.75) is 31.7 Å². The van der Waals surface area contributed by atoms with Gasteiger partial charge in [0.1, 0.15) is 0 Å². The maximum atomic E-state index is 12.5. The molecule has 0 aromatic heterocycles. The van der Waals surface area contributed by atoms with E-state index >= 15 is 0 Å². The summed E-state index contributed by atoms with van der Waals surface area (Å²) < 4.78 is 10.5. The Morgan fingerprint density at radius 1 is 1.12 bits per heavy atom. The molecule has 5 nitrogen and oxygen atoms in total. The third kappa shape index (κ3) is 4.15. The van der Waals surface area contributed by atoms with E-state index in [4.69, 9.17) is 21.1 Å². The lowest BCUT2D eigenvalue weighted by Crippen LogP contribution is -2.51. The maximum absolute atomic E-state index is 12.5. The highest BCUT2D eigenvalue weighted by Gasteiger charge is 2.27. The van der Waals surface area contributed by atoms with Gasteiger partial charge in [-0.25, -0.2) is 0 Å². The van der Waals surface area contributed by atoms with Crippen LogP contribution in [0.3, 0.4) is 0 Å². The van der Waals surface area contributed by atoms with E-state index in [2.05, 4.69) is 4.90 Å². The molecular weight excluding hydrogens is 352 g/mol. The van der Waals surface area contributed by atoms with Crippen molar-refractivity contribution in [1.82, 2.24) is 9.80 Å². The lowest BCUT2D eigenvalue weighted by atomic mass is 10.1. The van der Waals surface area contributed by atoms with E-state index in [-0.39, 0.29) is 5.91 Å². The molecule has 0 radical (unpaired) electrons. The van der Waals surface area contributed by atoms with Crippen LogP contribution in [-0.2, 0) is 4.79 Å². The summed E-state index contributed by atoms with van der Waals surface area (Å²) in [5.41, 5.74) is 0.738. The maximum Gasteiger partial charge on any atom is 0.246 e. The van der Waals surface area contributed by atoms with Gasteiger partial charge in [0.2, 0.25) is 5.91 Å². The SMILES string of the molecule is COc1ccc(C=CC(=O)N2CCN(C3CCCC3)CC2)c(Cl)c1OC. The van der Waals surface area contributed by atoms with E-state index in [9.17, 15) is 4.79 Å². The number of nitrogens with zero attached hydrogens (tertiary/aromatic N) is 2. The minimum absolute atomic E-state index is 0.0296. The van der Waals surface area contributed by atoms with Gasteiger partial charge < -0.3 is 14.4 Å². The van der Waals surface area contributed by atoms with Gasteiger partial charge >= 0.3 is 0 Å². The van der Waals surface area contributed by atoms with Crippen LogP contribution >= 0.6 is 11.6 Å². The smallest absolute Gasteiger partial charge is 0.246 e. The number of methoxy groups -OCH3 is 2. The second-order valence-corrected chi connectivity index (χ2v) is 7.22. The monoisotopic (exact) mass is 378 g/mol. The molecule has 6 heteroatoms. The second-order valence-electron chi connectivity index (χ2n) is 6.84. The Balaban J connectivity index is 1.60. The van der Waals surface area contributed by atoms with Crippen LogP contribution in [0.4, 0.5) is 0 Å².